The lowest BCUT2D eigenvalue weighted by Crippen LogP contribution is -2.32. The lowest BCUT2D eigenvalue weighted by Gasteiger charge is -2.37. The molecule has 0 spiro atoms. The maximum Gasteiger partial charge on any atom is 0.153 e. The van der Waals surface area contributed by atoms with E-state index in [0.29, 0.717) is 0 Å². The van der Waals surface area contributed by atoms with Crippen molar-refractivity contribution >= 4 is 11.3 Å². The molecule has 0 saturated heterocycles. The van der Waals surface area contributed by atoms with Crippen LogP contribution in [0.25, 0.3) is 16.7 Å². The Morgan fingerprint density at radius 3 is 2.70 bits per heavy atom. The minimum absolute atomic E-state index is 0.0880. The van der Waals surface area contributed by atoms with Crippen LogP contribution in [0.3, 0.4) is 0 Å². The van der Waals surface area contributed by atoms with Gasteiger partial charge in [0.05, 0.1) is 18.2 Å². The maximum atomic E-state index is 6.45. The Kier molecular flexibility index (Phi) is 3.94. The van der Waals surface area contributed by atoms with Gasteiger partial charge in [-0.15, -0.1) is 5.73 Å². The minimum Gasteiger partial charge on any atom is -0.496 e. The summed E-state index contributed by atoms with van der Waals surface area (Å²) in [6.07, 6.45) is 2.05. The number of benzene rings is 2. The number of hydrogen-bond acceptors (Lipinski definition) is 3. The van der Waals surface area contributed by atoms with E-state index in [4.69, 9.17) is 9.47 Å². The average Bonchev–Trinajstić information content (AvgIpc) is 2.64. The highest BCUT2D eigenvalue weighted by Crippen LogP contribution is 2.53. The molecule has 1 N–H and O–H groups in total. The van der Waals surface area contributed by atoms with Gasteiger partial charge in [-0.3, -0.25) is 0 Å². The predicted molar refractivity (Wildman–Crippen MR) is 111 cm³/mol. The summed E-state index contributed by atoms with van der Waals surface area (Å²) in [4.78, 5) is 0. The van der Waals surface area contributed by atoms with Gasteiger partial charge in [0.15, 0.2) is 6.10 Å². The standard InChI is InChI=1S/C24H25NO2/c1-7-14(2)23-22-16(21-18(26-6)9-8-10-19(21)27-23)11-12-17-20(22)15(3)13-24(4,5)25-17/h8-13,23,25H,1H2,2-6H3. The number of hydrogen-bond donors (Lipinski definition) is 1. The summed E-state index contributed by atoms with van der Waals surface area (Å²) in [5.74, 6) is 1.64. The van der Waals surface area contributed by atoms with E-state index < -0.39 is 0 Å². The molecule has 0 saturated carbocycles. The molecule has 0 bridgehead atoms. The van der Waals surface area contributed by atoms with E-state index in [9.17, 15) is 0 Å². The Morgan fingerprint density at radius 1 is 1.22 bits per heavy atom. The van der Waals surface area contributed by atoms with Crippen LogP contribution in [0, 0.1) is 0 Å². The third-order valence-corrected chi connectivity index (χ3v) is 5.33. The van der Waals surface area contributed by atoms with Gasteiger partial charge in [-0.1, -0.05) is 24.8 Å². The topological polar surface area (TPSA) is 30.5 Å². The van der Waals surface area contributed by atoms with Crippen LogP contribution >= 0.6 is 0 Å². The summed E-state index contributed by atoms with van der Waals surface area (Å²) < 4.78 is 12.1. The van der Waals surface area contributed by atoms with Crippen molar-refractivity contribution < 1.29 is 9.47 Å². The number of fused-ring (bicyclic) bond motifs is 5. The summed E-state index contributed by atoms with van der Waals surface area (Å²) >= 11 is 0. The Morgan fingerprint density at radius 2 is 2.00 bits per heavy atom. The lowest BCUT2D eigenvalue weighted by atomic mass is 9.80. The zero-order valence-corrected chi connectivity index (χ0v) is 16.6. The molecule has 1 atom stereocenters. The van der Waals surface area contributed by atoms with Gasteiger partial charge in [0.25, 0.3) is 0 Å². The summed E-state index contributed by atoms with van der Waals surface area (Å²) in [5.41, 5.74) is 10.8. The molecule has 2 aromatic carbocycles. The number of nitrogens with one attached hydrogen (secondary N) is 1. The van der Waals surface area contributed by atoms with Gasteiger partial charge in [0, 0.05) is 22.4 Å². The Bertz CT molecular complexity index is 1020. The minimum atomic E-state index is -0.224. The first-order valence-electron chi connectivity index (χ1n) is 9.22. The molecule has 2 aromatic rings. The fourth-order valence-corrected chi connectivity index (χ4v) is 4.26. The van der Waals surface area contributed by atoms with Crippen molar-refractivity contribution in [2.45, 2.75) is 39.3 Å². The van der Waals surface area contributed by atoms with E-state index in [-0.39, 0.29) is 11.6 Å². The van der Waals surface area contributed by atoms with Gasteiger partial charge in [0.1, 0.15) is 11.5 Å². The summed E-state index contributed by atoms with van der Waals surface area (Å²) in [6.45, 7) is 12.4. The van der Waals surface area contributed by atoms with E-state index >= 15 is 0 Å². The second-order valence-corrected chi connectivity index (χ2v) is 7.81. The van der Waals surface area contributed by atoms with Crippen molar-refractivity contribution in [1.82, 2.24) is 0 Å². The van der Waals surface area contributed by atoms with Gasteiger partial charge in [-0.2, -0.15) is 0 Å². The van der Waals surface area contributed by atoms with Crippen molar-refractivity contribution in [3.8, 4) is 22.6 Å². The van der Waals surface area contributed by atoms with E-state index in [0.717, 1.165) is 39.4 Å². The fraction of sp³-hybridized carbons (Fsp3) is 0.292. The number of allylic oxidation sites excluding steroid dienone is 1. The highest BCUT2D eigenvalue weighted by molar-refractivity contribution is 5.91. The molecule has 0 radical (unpaired) electrons. The van der Waals surface area contributed by atoms with Crippen molar-refractivity contribution in [3.05, 3.63) is 65.4 Å². The first-order valence-corrected chi connectivity index (χ1v) is 9.22. The second kappa shape index (κ2) is 6.07. The molecule has 27 heavy (non-hydrogen) atoms. The molecular formula is C24H25NO2. The van der Waals surface area contributed by atoms with Crippen molar-refractivity contribution in [1.29, 1.82) is 0 Å². The molecule has 0 amide bonds. The molecular weight excluding hydrogens is 334 g/mol. The normalized spacial score (nSPS) is 18.6. The van der Waals surface area contributed by atoms with Crippen LogP contribution < -0.4 is 14.8 Å². The molecule has 2 aliphatic heterocycles. The first-order chi connectivity index (χ1) is 12.9. The van der Waals surface area contributed by atoms with Crippen molar-refractivity contribution in [2.24, 2.45) is 0 Å². The quantitative estimate of drug-likeness (QED) is 0.654. The van der Waals surface area contributed by atoms with Gasteiger partial charge in [-0.05, 0) is 57.0 Å². The van der Waals surface area contributed by atoms with Gasteiger partial charge in [-0.25, -0.2) is 0 Å². The van der Waals surface area contributed by atoms with Crippen LogP contribution in [0.15, 0.2) is 54.3 Å². The van der Waals surface area contributed by atoms with Crippen LogP contribution in [0.4, 0.5) is 5.69 Å². The maximum absolute atomic E-state index is 6.45. The van der Waals surface area contributed by atoms with Crippen LogP contribution in [0.1, 0.15) is 44.9 Å². The highest BCUT2D eigenvalue weighted by atomic mass is 16.5. The third-order valence-electron chi connectivity index (χ3n) is 5.33. The zero-order valence-electron chi connectivity index (χ0n) is 16.6. The molecule has 0 aromatic heterocycles. The lowest BCUT2D eigenvalue weighted by molar-refractivity contribution is 0.237. The van der Waals surface area contributed by atoms with Crippen LogP contribution in [0.2, 0.25) is 0 Å². The molecule has 0 aliphatic carbocycles. The highest BCUT2D eigenvalue weighted by Gasteiger charge is 2.35. The molecule has 1 unspecified atom stereocenters. The van der Waals surface area contributed by atoms with Gasteiger partial charge >= 0.3 is 0 Å². The van der Waals surface area contributed by atoms with Crippen LogP contribution in [0.5, 0.6) is 11.5 Å². The van der Waals surface area contributed by atoms with E-state index in [1.165, 1.54) is 11.1 Å². The van der Waals surface area contributed by atoms with Crippen LogP contribution in [-0.2, 0) is 0 Å². The monoisotopic (exact) mass is 359 g/mol. The summed E-state index contributed by atoms with van der Waals surface area (Å²) in [6, 6.07) is 10.3. The third kappa shape index (κ3) is 2.67. The van der Waals surface area contributed by atoms with E-state index in [2.05, 4.69) is 56.6 Å². The van der Waals surface area contributed by atoms with Crippen molar-refractivity contribution in [2.75, 3.05) is 12.4 Å². The number of anilines is 1. The van der Waals surface area contributed by atoms with Crippen molar-refractivity contribution in [3.63, 3.8) is 0 Å². The Labute approximate surface area is 161 Å². The number of methoxy groups -OCH3 is 1. The first kappa shape index (κ1) is 17.5. The van der Waals surface area contributed by atoms with E-state index in [1.807, 2.05) is 25.1 Å². The average molecular weight is 359 g/mol. The molecule has 0 fully saturated rings. The fourth-order valence-electron chi connectivity index (χ4n) is 4.26. The molecule has 2 heterocycles. The molecule has 4 rings (SSSR count). The smallest absolute Gasteiger partial charge is 0.153 e. The number of rotatable bonds is 2. The zero-order chi connectivity index (χ0) is 19.3. The SMILES string of the molecule is C=C=C(C)C1Oc2cccc(OC)c2-c2ccc3c(c21)C(C)=CC(C)(C)N3. The molecule has 138 valence electrons. The van der Waals surface area contributed by atoms with Gasteiger partial charge < -0.3 is 14.8 Å². The van der Waals surface area contributed by atoms with Crippen LogP contribution in [-0.4, -0.2) is 12.6 Å². The second-order valence-electron chi connectivity index (χ2n) is 7.81. The molecule has 3 heteroatoms. The molecule has 3 nitrogen and oxygen atoms in total. The number of ether oxygens (including phenoxy) is 2. The predicted octanol–water partition coefficient (Wildman–Crippen LogP) is 6.13. The van der Waals surface area contributed by atoms with E-state index in [1.54, 1.807) is 7.11 Å². The van der Waals surface area contributed by atoms with Gasteiger partial charge in [0.2, 0.25) is 0 Å². The summed E-state index contributed by atoms with van der Waals surface area (Å²) in [7, 11) is 1.70. The Hall–Kier alpha value is -2.90. The summed E-state index contributed by atoms with van der Waals surface area (Å²) in [5, 5.41) is 3.64. The molecule has 2 aliphatic rings. The Balaban J connectivity index is 2.08. The largest absolute Gasteiger partial charge is 0.496 e.